The highest BCUT2D eigenvalue weighted by Gasteiger charge is 2.36. The molecule has 5 rings (SSSR count). The Morgan fingerprint density at radius 2 is 1.64 bits per heavy atom. The Balaban J connectivity index is 1.39. The van der Waals surface area contributed by atoms with Crippen LogP contribution in [0, 0.1) is 13.8 Å². The zero-order valence-electron chi connectivity index (χ0n) is 20.4. The highest BCUT2D eigenvalue weighted by molar-refractivity contribution is 6.19. The van der Waals surface area contributed by atoms with Crippen LogP contribution in [0.2, 0.25) is 0 Å². The Labute approximate surface area is 209 Å². The molecule has 0 aromatic heterocycles. The lowest BCUT2D eigenvalue weighted by molar-refractivity contribution is -0.117. The Bertz CT molecular complexity index is 1410. The number of amides is 1. The van der Waals surface area contributed by atoms with Gasteiger partial charge in [0.15, 0.2) is 6.04 Å². The number of rotatable bonds is 7. The number of hydrazone groups is 1. The highest BCUT2D eigenvalue weighted by atomic mass is 16.2. The van der Waals surface area contributed by atoms with E-state index in [4.69, 9.17) is 0 Å². The van der Waals surface area contributed by atoms with E-state index in [1.165, 1.54) is 10.6 Å². The number of nitrogens with zero attached hydrogens (tertiary/aromatic N) is 8. The first-order valence-corrected chi connectivity index (χ1v) is 11.9. The molecule has 0 fully saturated rings. The number of anilines is 1. The molecule has 9 heteroatoms. The van der Waals surface area contributed by atoms with Crippen molar-refractivity contribution in [3.05, 3.63) is 83.4 Å². The van der Waals surface area contributed by atoms with Crippen molar-refractivity contribution >= 4 is 23.0 Å². The number of aryl methyl sites for hydroxylation is 2. The van der Waals surface area contributed by atoms with Crippen LogP contribution in [0.5, 0.6) is 0 Å². The second kappa shape index (κ2) is 10.1. The molecule has 0 bridgehead atoms. The van der Waals surface area contributed by atoms with Crippen molar-refractivity contribution in [2.45, 2.75) is 45.8 Å². The first-order chi connectivity index (χ1) is 17.5. The monoisotopic (exact) mass is 478 g/mol. The molecule has 180 valence electrons. The van der Waals surface area contributed by atoms with E-state index in [1.54, 1.807) is 0 Å². The van der Waals surface area contributed by atoms with Gasteiger partial charge in [0.25, 0.3) is 5.91 Å². The van der Waals surface area contributed by atoms with Gasteiger partial charge in [-0.1, -0.05) is 49.7 Å². The smallest absolute Gasteiger partial charge is 0.269 e. The number of hydrogen-bond donors (Lipinski definition) is 0. The fourth-order valence-corrected chi connectivity index (χ4v) is 4.14. The summed E-state index contributed by atoms with van der Waals surface area (Å²) in [6.45, 7) is 6.13. The van der Waals surface area contributed by atoms with E-state index in [0.717, 1.165) is 40.1 Å². The van der Waals surface area contributed by atoms with E-state index in [1.807, 2.05) is 80.6 Å². The Morgan fingerprint density at radius 1 is 0.889 bits per heavy atom. The third-order valence-corrected chi connectivity index (χ3v) is 6.24. The summed E-state index contributed by atoms with van der Waals surface area (Å²) < 4.78 is 0. The summed E-state index contributed by atoms with van der Waals surface area (Å²) in [5.41, 5.74) is 7.29. The van der Waals surface area contributed by atoms with Crippen LogP contribution >= 0.6 is 0 Å². The number of hydrogen-bond acceptors (Lipinski definition) is 8. The predicted molar refractivity (Wildman–Crippen MR) is 138 cm³/mol. The molecule has 1 atom stereocenters. The van der Waals surface area contributed by atoms with Crippen molar-refractivity contribution in [1.29, 1.82) is 0 Å². The van der Waals surface area contributed by atoms with Gasteiger partial charge in [0.05, 0.1) is 17.1 Å². The molecule has 1 unspecified atom stereocenters. The summed E-state index contributed by atoms with van der Waals surface area (Å²) in [6, 6.07) is 20.8. The first-order valence-electron chi connectivity index (χ1n) is 11.9. The van der Waals surface area contributed by atoms with E-state index < -0.39 is 12.2 Å². The third-order valence-electron chi connectivity index (χ3n) is 6.24. The van der Waals surface area contributed by atoms with Crippen molar-refractivity contribution in [3.8, 4) is 11.1 Å². The van der Waals surface area contributed by atoms with Crippen molar-refractivity contribution < 1.29 is 4.79 Å². The number of benzene rings is 3. The van der Waals surface area contributed by atoms with Gasteiger partial charge in [-0.05, 0) is 83.3 Å². The van der Waals surface area contributed by atoms with Crippen molar-refractivity contribution in [2.75, 3.05) is 5.01 Å². The summed E-state index contributed by atoms with van der Waals surface area (Å²) in [5, 5.41) is 30.2. The Morgan fingerprint density at radius 3 is 2.39 bits per heavy atom. The molecule has 3 aromatic rings. The summed E-state index contributed by atoms with van der Waals surface area (Å²) >= 11 is 0. The fourth-order valence-electron chi connectivity index (χ4n) is 4.14. The van der Waals surface area contributed by atoms with Gasteiger partial charge in [0, 0.05) is 5.56 Å². The molecule has 36 heavy (non-hydrogen) atoms. The largest absolute Gasteiger partial charge is 0.280 e. The van der Waals surface area contributed by atoms with Gasteiger partial charge in [0.2, 0.25) is 6.17 Å². The summed E-state index contributed by atoms with van der Waals surface area (Å²) in [6.07, 6.45) is 1.14. The SMILES string of the molecule is CCCC1=NN(c2ccc(C)c(C)c2)C(=O)C1N=Nc1cccc(-c2cccc(C3N=NN=N3)c2)c1. The lowest BCUT2D eigenvalue weighted by atomic mass is 10.0. The maximum Gasteiger partial charge on any atom is 0.280 e. The molecule has 2 aliphatic rings. The van der Waals surface area contributed by atoms with Gasteiger partial charge >= 0.3 is 0 Å². The van der Waals surface area contributed by atoms with Crippen LogP contribution < -0.4 is 5.01 Å². The topological polar surface area (TPSA) is 107 Å². The summed E-state index contributed by atoms with van der Waals surface area (Å²) in [4.78, 5) is 13.3. The second-order valence-electron chi connectivity index (χ2n) is 8.84. The van der Waals surface area contributed by atoms with Crippen LogP contribution in [0.25, 0.3) is 11.1 Å². The number of carbonyl (C=O) groups is 1. The van der Waals surface area contributed by atoms with Gasteiger partial charge in [-0.25, -0.2) is 0 Å². The molecule has 3 aromatic carbocycles. The van der Waals surface area contributed by atoms with E-state index >= 15 is 0 Å². The quantitative estimate of drug-likeness (QED) is 0.323. The molecule has 0 saturated heterocycles. The molecule has 0 aliphatic carbocycles. The Kier molecular flexibility index (Phi) is 6.53. The standard InChI is InChI=1S/C27H26N8O/c1-4-7-24-25(27(36)35(32-24)23-13-12-17(2)18(3)14-23)29-28-22-11-6-9-20(16-22)19-8-5-10-21(15-19)26-30-33-34-31-26/h5-6,8-16,25-26H,4,7H2,1-3H3. The maximum absolute atomic E-state index is 13.3. The summed E-state index contributed by atoms with van der Waals surface area (Å²) in [7, 11) is 0. The van der Waals surface area contributed by atoms with Crippen LogP contribution in [0.4, 0.5) is 11.4 Å². The normalized spacial score (nSPS) is 17.5. The minimum atomic E-state index is -0.725. The van der Waals surface area contributed by atoms with Crippen LogP contribution in [-0.4, -0.2) is 17.7 Å². The molecule has 2 aliphatic heterocycles. The van der Waals surface area contributed by atoms with Crippen LogP contribution in [0.15, 0.2) is 103 Å². The Hall–Kier alpha value is -4.40. The minimum Gasteiger partial charge on any atom is -0.269 e. The maximum atomic E-state index is 13.3. The van der Waals surface area contributed by atoms with E-state index in [0.29, 0.717) is 12.1 Å². The van der Waals surface area contributed by atoms with Crippen LogP contribution in [-0.2, 0) is 4.79 Å². The minimum absolute atomic E-state index is 0.186. The van der Waals surface area contributed by atoms with Gasteiger partial charge in [0.1, 0.15) is 0 Å². The highest BCUT2D eigenvalue weighted by Crippen LogP contribution is 2.31. The molecule has 0 N–H and O–H groups in total. The molecule has 0 saturated carbocycles. The lowest BCUT2D eigenvalue weighted by Gasteiger charge is -2.14. The molecule has 9 nitrogen and oxygen atoms in total. The van der Waals surface area contributed by atoms with Gasteiger partial charge < -0.3 is 0 Å². The zero-order valence-corrected chi connectivity index (χ0v) is 20.4. The van der Waals surface area contributed by atoms with Crippen molar-refractivity contribution in [2.24, 2.45) is 36.0 Å². The van der Waals surface area contributed by atoms with Gasteiger partial charge in [-0.3, -0.25) is 4.79 Å². The molecular formula is C27H26N8O. The van der Waals surface area contributed by atoms with Gasteiger partial charge in [-0.15, -0.1) is 10.2 Å². The number of carbonyl (C=O) groups excluding carboxylic acids is 1. The number of azo groups is 1. The summed E-state index contributed by atoms with van der Waals surface area (Å²) in [5.74, 6) is -0.186. The van der Waals surface area contributed by atoms with E-state index in [2.05, 4.69) is 42.9 Å². The molecule has 0 radical (unpaired) electrons. The average molecular weight is 479 g/mol. The molecule has 1 amide bonds. The molecule has 0 spiro atoms. The van der Waals surface area contributed by atoms with E-state index in [9.17, 15) is 4.79 Å². The van der Waals surface area contributed by atoms with Crippen molar-refractivity contribution in [3.63, 3.8) is 0 Å². The van der Waals surface area contributed by atoms with Crippen LogP contribution in [0.3, 0.4) is 0 Å². The van der Waals surface area contributed by atoms with Gasteiger partial charge in [-0.2, -0.15) is 20.3 Å². The predicted octanol–water partition coefficient (Wildman–Crippen LogP) is 7.46. The zero-order chi connectivity index (χ0) is 25.1. The second-order valence-corrected chi connectivity index (χ2v) is 8.84. The average Bonchev–Trinajstić information content (AvgIpc) is 3.54. The first kappa shape index (κ1) is 23.3. The molecular weight excluding hydrogens is 452 g/mol. The third kappa shape index (κ3) is 4.72. The lowest BCUT2D eigenvalue weighted by Crippen LogP contribution is -2.30. The van der Waals surface area contributed by atoms with E-state index in [-0.39, 0.29) is 5.91 Å². The van der Waals surface area contributed by atoms with Crippen molar-refractivity contribution in [1.82, 2.24) is 0 Å². The molecule has 2 heterocycles. The fraction of sp³-hybridized carbons (Fsp3) is 0.259. The van der Waals surface area contributed by atoms with Crippen LogP contribution in [0.1, 0.15) is 42.6 Å².